The molecule has 1 aromatic heterocycles. The zero-order valence-corrected chi connectivity index (χ0v) is 12.8. The molecule has 3 N–H and O–H groups in total. The van der Waals surface area contributed by atoms with Gasteiger partial charge in [-0.25, -0.2) is 4.99 Å². The summed E-state index contributed by atoms with van der Waals surface area (Å²) in [6.45, 7) is 8.36. The van der Waals surface area contributed by atoms with Gasteiger partial charge in [0, 0.05) is 11.1 Å². The Morgan fingerprint density at radius 3 is 2.52 bits per heavy atom. The molecule has 6 nitrogen and oxygen atoms in total. The van der Waals surface area contributed by atoms with E-state index in [9.17, 15) is 0 Å². The van der Waals surface area contributed by atoms with Crippen LogP contribution in [0.1, 0.15) is 38.0 Å². The number of anilines is 1. The number of rotatable bonds is 3. The van der Waals surface area contributed by atoms with Gasteiger partial charge in [-0.2, -0.15) is 4.98 Å². The van der Waals surface area contributed by atoms with Crippen LogP contribution in [0.5, 0.6) is 0 Å². The van der Waals surface area contributed by atoms with E-state index in [4.69, 9.17) is 10.3 Å². The normalized spacial score (nSPS) is 12.5. The van der Waals surface area contributed by atoms with E-state index in [2.05, 4.69) is 20.4 Å². The molecule has 0 saturated heterocycles. The first-order chi connectivity index (χ1) is 9.84. The van der Waals surface area contributed by atoms with Crippen LogP contribution in [0, 0.1) is 6.92 Å². The maximum atomic E-state index is 5.84. The van der Waals surface area contributed by atoms with Crippen LogP contribution in [0.3, 0.4) is 0 Å². The average molecular weight is 287 g/mol. The van der Waals surface area contributed by atoms with Crippen LogP contribution in [0.2, 0.25) is 0 Å². The summed E-state index contributed by atoms with van der Waals surface area (Å²) in [5, 5.41) is 6.91. The van der Waals surface area contributed by atoms with Crippen molar-refractivity contribution in [3.05, 3.63) is 41.5 Å². The molecule has 6 heteroatoms. The Morgan fingerprint density at radius 2 is 1.95 bits per heavy atom. The van der Waals surface area contributed by atoms with Gasteiger partial charge in [-0.15, -0.1) is 0 Å². The molecule has 0 spiro atoms. The van der Waals surface area contributed by atoms with Crippen LogP contribution >= 0.6 is 0 Å². The second kappa shape index (κ2) is 5.95. The molecule has 0 unspecified atom stereocenters. The maximum Gasteiger partial charge on any atom is 0.232 e. The van der Waals surface area contributed by atoms with E-state index >= 15 is 0 Å². The fourth-order valence-electron chi connectivity index (χ4n) is 1.60. The van der Waals surface area contributed by atoms with Crippen molar-refractivity contribution >= 4 is 11.6 Å². The van der Waals surface area contributed by atoms with Crippen LogP contribution in [0.4, 0.5) is 5.69 Å². The summed E-state index contributed by atoms with van der Waals surface area (Å²) >= 11 is 0. The summed E-state index contributed by atoms with van der Waals surface area (Å²) in [4.78, 5) is 8.51. The quantitative estimate of drug-likeness (QED) is 0.669. The molecule has 1 aromatic carbocycles. The van der Waals surface area contributed by atoms with Gasteiger partial charge >= 0.3 is 0 Å². The van der Waals surface area contributed by atoms with Crippen LogP contribution in [0.25, 0.3) is 0 Å². The van der Waals surface area contributed by atoms with Gasteiger partial charge in [0.1, 0.15) is 6.54 Å². The fourth-order valence-corrected chi connectivity index (χ4v) is 1.60. The third-order valence-electron chi connectivity index (χ3n) is 2.82. The highest BCUT2D eigenvalue weighted by Gasteiger charge is 2.21. The highest BCUT2D eigenvalue weighted by Crippen LogP contribution is 2.19. The number of aliphatic imine (C=N–C) groups is 1. The Labute approximate surface area is 124 Å². The minimum Gasteiger partial charge on any atom is -0.370 e. The van der Waals surface area contributed by atoms with Gasteiger partial charge in [0.25, 0.3) is 0 Å². The molecule has 21 heavy (non-hydrogen) atoms. The SMILES string of the molecule is Cc1ccc(NC(N)=NCc2noc(C(C)(C)C)n2)cc1. The molecule has 0 atom stereocenters. The summed E-state index contributed by atoms with van der Waals surface area (Å²) in [5.74, 6) is 1.44. The molecule has 0 aliphatic heterocycles. The lowest BCUT2D eigenvalue weighted by atomic mass is 9.97. The lowest BCUT2D eigenvalue weighted by Gasteiger charge is -2.10. The Bertz CT molecular complexity index is 622. The van der Waals surface area contributed by atoms with E-state index in [1.165, 1.54) is 5.56 Å². The largest absolute Gasteiger partial charge is 0.370 e. The third kappa shape index (κ3) is 4.30. The van der Waals surface area contributed by atoms with Gasteiger partial charge in [0.15, 0.2) is 11.8 Å². The van der Waals surface area contributed by atoms with Crippen molar-refractivity contribution in [1.29, 1.82) is 0 Å². The van der Waals surface area contributed by atoms with Crippen LogP contribution in [-0.2, 0) is 12.0 Å². The van der Waals surface area contributed by atoms with Crippen LogP contribution < -0.4 is 11.1 Å². The molecule has 112 valence electrons. The van der Waals surface area contributed by atoms with E-state index in [1.807, 2.05) is 52.0 Å². The fraction of sp³-hybridized carbons (Fsp3) is 0.400. The van der Waals surface area contributed by atoms with Crippen LogP contribution in [0.15, 0.2) is 33.8 Å². The molecule has 2 aromatic rings. The molecule has 0 fully saturated rings. The lowest BCUT2D eigenvalue weighted by Crippen LogP contribution is -2.22. The summed E-state index contributed by atoms with van der Waals surface area (Å²) in [7, 11) is 0. The van der Waals surface area contributed by atoms with Gasteiger partial charge in [0.05, 0.1) is 0 Å². The van der Waals surface area contributed by atoms with Crippen LogP contribution in [-0.4, -0.2) is 16.1 Å². The molecule has 0 radical (unpaired) electrons. The number of nitrogens with one attached hydrogen (secondary N) is 1. The zero-order chi connectivity index (χ0) is 15.5. The number of guanidine groups is 1. The molecule has 0 aliphatic carbocycles. The van der Waals surface area contributed by atoms with Gasteiger partial charge in [-0.3, -0.25) is 0 Å². The Hall–Kier alpha value is -2.37. The second-order valence-electron chi connectivity index (χ2n) is 5.96. The van der Waals surface area contributed by atoms with Gasteiger partial charge in [0.2, 0.25) is 5.89 Å². The highest BCUT2D eigenvalue weighted by atomic mass is 16.5. The minimum absolute atomic E-state index is 0.166. The maximum absolute atomic E-state index is 5.84. The lowest BCUT2D eigenvalue weighted by molar-refractivity contribution is 0.318. The number of aromatic nitrogens is 2. The first-order valence-corrected chi connectivity index (χ1v) is 6.81. The van der Waals surface area contributed by atoms with Gasteiger partial charge in [-0.1, -0.05) is 43.6 Å². The Balaban J connectivity index is 1.97. The van der Waals surface area contributed by atoms with Gasteiger partial charge in [-0.05, 0) is 19.1 Å². The number of nitrogens with two attached hydrogens (primary N) is 1. The molecule has 2 rings (SSSR count). The number of hydrogen-bond acceptors (Lipinski definition) is 4. The van der Waals surface area contributed by atoms with E-state index in [0.717, 1.165) is 5.69 Å². The topological polar surface area (TPSA) is 89.3 Å². The van der Waals surface area contributed by atoms with E-state index in [1.54, 1.807) is 0 Å². The number of aryl methyl sites for hydroxylation is 1. The monoisotopic (exact) mass is 287 g/mol. The first-order valence-electron chi connectivity index (χ1n) is 6.81. The summed E-state index contributed by atoms with van der Waals surface area (Å²) < 4.78 is 5.20. The van der Waals surface area contributed by atoms with E-state index in [0.29, 0.717) is 17.7 Å². The third-order valence-corrected chi connectivity index (χ3v) is 2.82. The smallest absolute Gasteiger partial charge is 0.232 e. The van der Waals surface area contributed by atoms with Gasteiger partial charge < -0.3 is 15.6 Å². The van der Waals surface area contributed by atoms with Crippen molar-refractivity contribution in [1.82, 2.24) is 10.1 Å². The number of hydrogen-bond donors (Lipinski definition) is 2. The summed E-state index contributed by atoms with van der Waals surface area (Å²) in [6.07, 6.45) is 0. The van der Waals surface area contributed by atoms with Crippen molar-refractivity contribution in [2.24, 2.45) is 10.7 Å². The predicted molar refractivity (Wildman–Crippen MR) is 83.1 cm³/mol. The molecule has 0 bridgehead atoms. The molecular formula is C15H21N5O. The zero-order valence-electron chi connectivity index (χ0n) is 12.8. The average Bonchev–Trinajstić information content (AvgIpc) is 2.88. The summed E-state index contributed by atoms with van der Waals surface area (Å²) in [6, 6.07) is 7.91. The predicted octanol–water partition coefficient (Wildman–Crippen LogP) is 2.60. The Morgan fingerprint density at radius 1 is 1.29 bits per heavy atom. The Kier molecular flexibility index (Phi) is 4.26. The van der Waals surface area contributed by atoms with Crippen molar-refractivity contribution in [2.75, 3.05) is 5.32 Å². The van der Waals surface area contributed by atoms with E-state index in [-0.39, 0.29) is 12.0 Å². The van der Waals surface area contributed by atoms with Crippen molar-refractivity contribution < 1.29 is 4.52 Å². The molecule has 0 aliphatic rings. The summed E-state index contributed by atoms with van der Waals surface area (Å²) in [5.41, 5.74) is 7.76. The first kappa shape index (κ1) is 15.0. The minimum atomic E-state index is -0.166. The molecule has 0 saturated carbocycles. The second-order valence-corrected chi connectivity index (χ2v) is 5.96. The van der Waals surface area contributed by atoms with Crippen molar-refractivity contribution in [3.8, 4) is 0 Å². The standard InChI is InChI=1S/C15H21N5O/c1-10-5-7-11(8-6-10)18-14(16)17-9-12-19-13(21-20-12)15(2,3)4/h5-8H,9H2,1-4H3,(H3,16,17,18). The molecular weight excluding hydrogens is 266 g/mol. The van der Waals surface area contributed by atoms with E-state index < -0.39 is 0 Å². The van der Waals surface area contributed by atoms with Crippen molar-refractivity contribution in [3.63, 3.8) is 0 Å². The molecule has 1 heterocycles. The highest BCUT2D eigenvalue weighted by molar-refractivity contribution is 5.92. The molecule has 0 amide bonds. The number of benzene rings is 1. The van der Waals surface area contributed by atoms with Crippen molar-refractivity contribution in [2.45, 2.75) is 39.7 Å². The number of nitrogens with zero attached hydrogens (tertiary/aromatic N) is 3.